The largest absolute Gasteiger partial charge is 0.487 e. The van der Waals surface area contributed by atoms with Crippen LogP contribution in [0.4, 0.5) is 0 Å². The van der Waals surface area contributed by atoms with Crippen LogP contribution in [0.3, 0.4) is 0 Å². The summed E-state index contributed by atoms with van der Waals surface area (Å²) in [7, 11) is -0.647. The molecule has 0 N–H and O–H groups in total. The van der Waals surface area contributed by atoms with Gasteiger partial charge in [0.05, 0.1) is 0 Å². The van der Waals surface area contributed by atoms with Gasteiger partial charge in [0, 0.05) is 26.4 Å². The highest BCUT2D eigenvalue weighted by Crippen LogP contribution is 2.10. The van der Waals surface area contributed by atoms with E-state index in [4.69, 9.17) is 18.6 Å². The van der Waals surface area contributed by atoms with Crippen LogP contribution in [-0.2, 0) is 18.6 Å². The van der Waals surface area contributed by atoms with Crippen LogP contribution in [0.1, 0.15) is 25.7 Å². The lowest BCUT2D eigenvalue weighted by Gasteiger charge is -2.16. The van der Waals surface area contributed by atoms with Crippen LogP contribution in [-0.4, -0.2) is 40.4 Å². The summed E-state index contributed by atoms with van der Waals surface area (Å²) in [6, 6.07) is 0. The van der Waals surface area contributed by atoms with E-state index in [1.165, 1.54) is 0 Å². The average Bonchev–Trinajstić information content (AvgIpc) is 2.62. The summed E-state index contributed by atoms with van der Waals surface area (Å²) in [5.41, 5.74) is 0. The van der Waals surface area contributed by atoms with Crippen LogP contribution in [0.25, 0.3) is 0 Å². The first-order valence-corrected chi connectivity index (χ1v) is 5.43. The molecule has 0 aromatic rings. The van der Waals surface area contributed by atoms with Crippen molar-refractivity contribution in [3.63, 3.8) is 0 Å². The van der Waals surface area contributed by atoms with Crippen molar-refractivity contribution >= 4 is 14.0 Å². The van der Waals surface area contributed by atoms with Crippen LogP contribution in [0.15, 0.2) is 0 Å². The highest BCUT2D eigenvalue weighted by atomic mass is 16.6. The fourth-order valence-corrected chi connectivity index (χ4v) is 1.62. The maximum Gasteiger partial charge on any atom is 0.487 e. The molecule has 6 heteroatoms. The number of rotatable bonds is 1. The lowest BCUT2D eigenvalue weighted by atomic mass is 9.48. The summed E-state index contributed by atoms with van der Waals surface area (Å²) < 4.78 is 22.1. The molecule has 0 amide bonds. The molecule has 2 aliphatic rings. The highest BCUT2D eigenvalue weighted by molar-refractivity contribution is 7.10. The molecule has 0 unspecified atom stereocenters. The molecule has 0 spiro atoms. The van der Waals surface area contributed by atoms with Gasteiger partial charge in [-0.2, -0.15) is 0 Å². The third kappa shape index (κ3) is 2.98. The molecule has 2 aliphatic heterocycles. The van der Waals surface area contributed by atoms with Crippen molar-refractivity contribution in [2.75, 3.05) is 26.4 Å². The molecule has 2 saturated heterocycles. The van der Waals surface area contributed by atoms with E-state index in [-0.39, 0.29) is 14.0 Å². The lowest BCUT2D eigenvalue weighted by Crippen LogP contribution is -2.45. The lowest BCUT2D eigenvalue weighted by molar-refractivity contribution is 0.202. The molecule has 78 valence electrons. The SMILES string of the molecule is C1CCOB(B2OCCCCO2)OC1. The standard InChI is InChI=1S/C8H16B2O4/c1-2-6-12-9(11-5-1)10-13-7-3-4-8-14-10/h1-8H2. The first kappa shape index (κ1) is 10.5. The summed E-state index contributed by atoms with van der Waals surface area (Å²) in [4.78, 5) is 0. The summed E-state index contributed by atoms with van der Waals surface area (Å²) >= 11 is 0. The molecule has 2 fully saturated rings. The molecular weight excluding hydrogens is 182 g/mol. The van der Waals surface area contributed by atoms with E-state index < -0.39 is 0 Å². The summed E-state index contributed by atoms with van der Waals surface area (Å²) in [5, 5.41) is 0. The van der Waals surface area contributed by atoms with Gasteiger partial charge >= 0.3 is 14.0 Å². The molecule has 0 radical (unpaired) electrons. The van der Waals surface area contributed by atoms with Crippen molar-refractivity contribution in [1.82, 2.24) is 0 Å². The zero-order valence-electron chi connectivity index (χ0n) is 8.44. The summed E-state index contributed by atoms with van der Waals surface area (Å²) in [6.07, 6.45) is 4.23. The van der Waals surface area contributed by atoms with Crippen molar-refractivity contribution in [2.45, 2.75) is 25.7 Å². The average molecular weight is 198 g/mol. The fourth-order valence-electron chi connectivity index (χ4n) is 1.62. The summed E-state index contributed by atoms with van der Waals surface area (Å²) in [6.45, 7) is 2.98. The monoisotopic (exact) mass is 198 g/mol. The molecule has 0 aromatic carbocycles. The van der Waals surface area contributed by atoms with Gasteiger partial charge < -0.3 is 18.6 Å². The van der Waals surface area contributed by atoms with Crippen molar-refractivity contribution in [3.05, 3.63) is 0 Å². The Kier molecular flexibility index (Phi) is 4.31. The van der Waals surface area contributed by atoms with Crippen LogP contribution >= 0.6 is 0 Å². The summed E-state index contributed by atoms with van der Waals surface area (Å²) in [5.74, 6) is 0. The van der Waals surface area contributed by atoms with Gasteiger partial charge in [0.15, 0.2) is 0 Å². The first-order chi connectivity index (χ1) is 6.97. The quantitative estimate of drug-likeness (QED) is 0.580. The molecule has 0 atom stereocenters. The molecule has 2 rings (SSSR count). The Morgan fingerprint density at radius 3 is 1.07 bits per heavy atom. The maximum absolute atomic E-state index is 5.53. The van der Waals surface area contributed by atoms with Gasteiger partial charge in [-0.25, -0.2) is 0 Å². The van der Waals surface area contributed by atoms with E-state index in [1.54, 1.807) is 0 Å². The van der Waals surface area contributed by atoms with Gasteiger partial charge in [0.25, 0.3) is 0 Å². The Labute approximate surface area is 85.5 Å². The van der Waals surface area contributed by atoms with Crippen LogP contribution < -0.4 is 0 Å². The Hall–Kier alpha value is -0.0301. The van der Waals surface area contributed by atoms with Crippen molar-refractivity contribution in [1.29, 1.82) is 0 Å². The highest BCUT2D eigenvalue weighted by Gasteiger charge is 2.40. The third-order valence-electron chi connectivity index (χ3n) is 2.43. The minimum atomic E-state index is -0.324. The van der Waals surface area contributed by atoms with Crippen LogP contribution in [0.2, 0.25) is 0 Å². The third-order valence-corrected chi connectivity index (χ3v) is 2.43. The molecule has 4 nitrogen and oxygen atoms in total. The first-order valence-electron chi connectivity index (χ1n) is 5.43. The molecule has 0 bridgehead atoms. The fraction of sp³-hybridized carbons (Fsp3) is 1.00. The smallest absolute Gasteiger partial charge is 0.413 e. The van der Waals surface area contributed by atoms with E-state index in [0.717, 1.165) is 52.1 Å². The zero-order chi connectivity index (χ0) is 9.64. The number of hydrogen-bond acceptors (Lipinski definition) is 4. The van der Waals surface area contributed by atoms with E-state index in [0.29, 0.717) is 0 Å². The van der Waals surface area contributed by atoms with Crippen molar-refractivity contribution in [3.8, 4) is 0 Å². The zero-order valence-corrected chi connectivity index (χ0v) is 8.44. The normalized spacial score (nSPS) is 25.7. The van der Waals surface area contributed by atoms with E-state index >= 15 is 0 Å². The Bertz CT molecular complexity index is 135. The Balaban J connectivity index is 1.83. The van der Waals surface area contributed by atoms with Crippen LogP contribution in [0.5, 0.6) is 0 Å². The van der Waals surface area contributed by atoms with E-state index in [2.05, 4.69) is 0 Å². The molecule has 0 aliphatic carbocycles. The van der Waals surface area contributed by atoms with Gasteiger partial charge in [0.1, 0.15) is 0 Å². The molecule has 0 aromatic heterocycles. The second-order valence-corrected chi connectivity index (χ2v) is 3.63. The van der Waals surface area contributed by atoms with E-state index in [9.17, 15) is 0 Å². The van der Waals surface area contributed by atoms with Crippen molar-refractivity contribution < 1.29 is 18.6 Å². The number of hydrogen-bond donors (Lipinski definition) is 0. The predicted octanol–water partition coefficient (Wildman–Crippen LogP) is 0.695. The molecule has 14 heavy (non-hydrogen) atoms. The van der Waals surface area contributed by atoms with Crippen LogP contribution in [0, 0.1) is 0 Å². The minimum Gasteiger partial charge on any atom is -0.413 e. The van der Waals surface area contributed by atoms with Gasteiger partial charge in [-0.15, -0.1) is 0 Å². The topological polar surface area (TPSA) is 36.9 Å². The second-order valence-electron chi connectivity index (χ2n) is 3.63. The van der Waals surface area contributed by atoms with E-state index in [1.807, 2.05) is 0 Å². The van der Waals surface area contributed by atoms with Gasteiger partial charge in [-0.05, 0) is 25.7 Å². The predicted molar refractivity (Wildman–Crippen MR) is 53.8 cm³/mol. The van der Waals surface area contributed by atoms with Crippen molar-refractivity contribution in [2.24, 2.45) is 0 Å². The molecular formula is C8H16B2O4. The Morgan fingerprint density at radius 1 is 0.500 bits per heavy atom. The maximum atomic E-state index is 5.53. The Morgan fingerprint density at radius 2 is 0.786 bits per heavy atom. The second kappa shape index (κ2) is 5.75. The molecule has 2 heterocycles. The van der Waals surface area contributed by atoms with Gasteiger partial charge in [-0.1, -0.05) is 0 Å². The minimum absolute atomic E-state index is 0.324. The van der Waals surface area contributed by atoms with Gasteiger partial charge in [0.2, 0.25) is 0 Å². The van der Waals surface area contributed by atoms with Gasteiger partial charge in [-0.3, -0.25) is 0 Å². The molecule has 0 saturated carbocycles.